The lowest BCUT2D eigenvalue weighted by atomic mass is 9.94. The van der Waals surface area contributed by atoms with Gasteiger partial charge in [-0.3, -0.25) is 4.90 Å². The van der Waals surface area contributed by atoms with Crippen molar-refractivity contribution in [2.24, 2.45) is 0 Å². The summed E-state index contributed by atoms with van der Waals surface area (Å²) in [7, 11) is 2.31. The highest BCUT2D eigenvalue weighted by Gasteiger charge is 2.36. The average Bonchev–Trinajstić information content (AvgIpc) is 2.76. The molecule has 0 aliphatic carbocycles. The van der Waals surface area contributed by atoms with E-state index in [1.807, 2.05) is 0 Å². The van der Waals surface area contributed by atoms with Crippen LogP contribution in [0.3, 0.4) is 0 Å². The molecule has 3 unspecified atom stereocenters. The first kappa shape index (κ1) is 13.1. The Balaban J connectivity index is 1.73. The highest BCUT2D eigenvalue weighted by Crippen LogP contribution is 2.33. The quantitative estimate of drug-likeness (QED) is 0.895. The van der Waals surface area contributed by atoms with Gasteiger partial charge in [0.1, 0.15) is 0 Å². The second-order valence-electron chi connectivity index (χ2n) is 6.46. The van der Waals surface area contributed by atoms with Crippen molar-refractivity contribution in [3.8, 4) is 0 Å². The number of nitrogens with one attached hydrogen (secondary N) is 1. The van der Waals surface area contributed by atoms with Gasteiger partial charge in [0.2, 0.25) is 0 Å². The fraction of sp³-hybridized carbons (Fsp3) is 0.647. The first-order chi connectivity index (χ1) is 9.15. The molecule has 0 amide bonds. The van der Waals surface area contributed by atoms with Gasteiger partial charge in [-0.15, -0.1) is 0 Å². The zero-order valence-electron chi connectivity index (χ0n) is 12.4. The maximum atomic E-state index is 3.74. The first-order valence-electron chi connectivity index (χ1n) is 7.68. The summed E-state index contributed by atoms with van der Waals surface area (Å²) in [5, 5.41) is 3.74. The molecule has 0 saturated carbocycles. The van der Waals surface area contributed by atoms with Crippen LogP contribution in [0.4, 0.5) is 0 Å². The van der Waals surface area contributed by atoms with Crippen LogP contribution in [0.1, 0.15) is 49.8 Å². The Bertz CT molecular complexity index is 431. The fourth-order valence-electron chi connectivity index (χ4n) is 3.95. The van der Waals surface area contributed by atoms with Crippen molar-refractivity contribution < 1.29 is 0 Å². The van der Waals surface area contributed by atoms with Crippen LogP contribution in [-0.2, 0) is 0 Å². The lowest BCUT2D eigenvalue weighted by Gasteiger charge is -2.39. The topological polar surface area (TPSA) is 15.3 Å². The van der Waals surface area contributed by atoms with Gasteiger partial charge in [-0.2, -0.15) is 0 Å². The van der Waals surface area contributed by atoms with E-state index < -0.39 is 0 Å². The van der Waals surface area contributed by atoms with Crippen molar-refractivity contribution in [2.75, 3.05) is 7.05 Å². The van der Waals surface area contributed by atoms with Gasteiger partial charge in [0.15, 0.2) is 0 Å². The molecule has 1 N–H and O–H groups in total. The van der Waals surface area contributed by atoms with E-state index in [0.717, 1.165) is 18.1 Å². The zero-order valence-corrected chi connectivity index (χ0v) is 12.4. The number of aryl methyl sites for hydroxylation is 1. The number of hydrogen-bond donors (Lipinski definition) is 1. The normalized spacial score (nSPS) is 31.7. The van der Waals surface area contributed by atoms with E-state index in [-0.39, 0.29) is 0 Å². The molecule has 3 atom stereocenters. The van der Waals surface area contributed by atoms with E-state index in [0.29, 0.717) is 6.04 Å². The zero-order chi connectivity index (χ0) is 13.4. The molecule has 19 heavy (non-hydrogen) atoms. The molecule has 0 aromatic heterocycles. The molecule has 2 nitrogen and oxygen atoms in total. The molecule has 0 spiro atoms. The second kappa shape index (κ2) is 5.26. The fourth-order valence-corrected chi connectivity index (χ4v) is 3.95. The predicted molar refractivity (Wildman–Crippen MR) is 80.3 cm³/mol. The summed E-state index contributed by atoms with van der Waals surface area (Å²) in [6.07, 6.45) is 5.41. The summed E-state index contributed by atoms with van der Waals surface area (Å²) in [4.78, 5) is 2.61. The molecule has 2 aliphatic heterocycles. The SMILES string of the molecule is Cc1ccccc1C(C)N(C)C1CC2CCC(C1)N2. The minimum absolute atomic E-state index is 0.517. The highest BCUT2D eigenvalue weighted by atomic mass is 15.2. The standard InChI is InChI=1S/C17H26N2/c1-12-6-4-5-7-17(12)13(2)19(3)16-10-14-8-9-15(11-16)18-14/h4-7,13-16,18H,8-11H2,1-3H3. The molecule has 2 heterocycles. The van der Waals surface area contributed by atoms with Crippen LogP contribution in [0.5, 0.6) is 0 Å². The molecule has 3 rings (SSSR count). The summed E-state index contributed by atoms with van der Waals surface area (Å²) >= 11 is 0. The number of benzene rings is 1. The van der Waals surface area contributed by atoms with Gasteiger partial charge in [0, 0.05) is 24.2 Å². The minimum atomic E-state index is 0.517. The van der Waals surface area contributed by atoms with Crippen LogP contribution >= 0.6 is 0 Å². The molecule has 1 aromatic carbocycles. The van der Waals surface area contributed by atoms with Crippen molar-refractivity contribution in [1.82, 2.24) is 10.2 Å². The van der Waals surface area contributed by atoms with E-state index in [4.69, 9.17) is 0 Å². The van der Waals surface area contributed by atoms with Crippen molar-refractivity contribution >= 4 is 0 Å². The lowest BCUT2D eigenvalue weighted by molar-refractivity contribution is 0.132. The van der Waals surface area contributed by atoms with Crippen LogP contribution in [0.25, 0.3) is 0 Å². The minimum Gasteiger partial charge on any atom is -0.311 e. The van der Waals surface area contributed by atoms with Crippen LogP contribution in [0, 0.1) is 6.92 Å². The maximum absolute atomic E-state index is 3.74. The second-order valence-corrected chi connectivity index (χ2v) is 6.46. The third kappa shape index (κ3) is 2.56. The number of nitrogens with zero attached hydrogens (tertiary/aromatic N) is 1. The van der Waals surface area contributed by atoms with Crippen LogP contribution in [0.15, 0.2) is 24.3 Å². The van der Waals surface area contributed by atoms with Crippen molar-refractivity contribution in [3.63, 3.8) is 0 Å². The summed E-state index contributed by atoms with van der Waals surface area (Å²) in [5.41, 5.74) is 2.90. The van der Waals surface area contributed by atoms with Crippen LogP contribution < -0.4 is 5.32 Å². The molecule has 2 fully saturated rings. The lowest BCUT2D eigenvalue weighted by Crippen LogP contribution is -2.47. The molecule has 104 valence electrons. The number of rotatable bonds is 3. The first-order valence-corrected chi connectivity index (χ1v) is 7.68. The predicted octanol–water partition coefficient (Wildman–Crippen LogP) is 3.27. The number of fused-ring (bicyclic) bond motifs is 2. The van der Waals surface area contributed by atoms with Gasteiger partial charge in [-0.1, -0.05) is 24.3 Å². The van der Waals surface area contributed by atoms with Gasteiger partial charge < -0.3 is 5.32 Å². The molecular formula is C17H26N2. The van der Waals surface area contributed by atoms with E-state index in [1.54, 1.807) is 0 Å². The largest absolute Gasteiger partial charge is 0.311 e. The van der Waals surface area contributed by atoms with Gasteiger partial charge in [0.25, 0.3) is 0 Å². The summed E-state index contributed by atoms with van der Waals surface area (Å²) in [6.45, 7) is 4.58. The Hall–Kier alpha value is -0.860. The van der Waals surface area contributed by atoms with Crippen molar-refractivity contribution in [3.05, 3.63) is 35.4 Å². The molecule has 2 heteroatoms. The number of piperidine rings is 1. The van der Waals surface area contributed by atoms with Gasteiger partial charge in [-0.25, -0.2) is 0 Å². The Morgan fingerprint density at radius 2 is 1.79 bits per heavy atom. The smallest absolute Gasteiger partial charge is 0.0322 e. The molecule has 2 aliphatic rings. The van der Waals surface area contributed by atoms with Crippen molar-refractivity contribution in [1.29, 1.82) is 0 Å². The third-order valence-corrected chi connectivity index (χ3v) is 5.27. The Labute approximate surface area is 117 Å². The van der Waals surface area contributed by atoms with E-state index in [1.165, 1.54) is 36.8 Å². The number of hydrogen-bond acceptors (Lipinski definition) is 2. The summed E-state index contributed by atoms with van der Waals surface area (Å²) in [6, 6.07) is 11.6. The summed E-state index contributed by atoms with van der Waals surface area (Å²) in [5.74, 6) is 0. The molecule has 1 aromatic rings. The van der Waals surface area contributed by atoms with E-state index in [9.17, 15) is 0 Å². The van der Waals surface area contributed by atoms with Crippen molar-refractivity contribution in [2.45, 2.75) is 63.7 Å². The molecule has 2 bridgehead atoms. The van der Waals surface area contributed by atoms with E-state index >= 15 is 0 Å². The average molecular weight is 258 g/mol. The van der Waals surface area contributed by atoms with E-state index in [2.05, 4.69) is 55.4 Å². The molecular weight excluding hydrogens is 232 g/mol. The Kier molecular flexibility index (Phi) is 3.64. The highest BCUT2D eigenvalue weighted by molar-refractivity contribution is 5.28. The monoisotopic (exact) mass is 258 g/mol. The van der Waals surface area contributed by atoms with Gasteiger partial charge in [0.05, 0.1) is 0 Å². The third-order valence-electron chi connectivity index (χ3n) is 5.27. The van der Waals surface area contributed by atoms with Gasteiger partial charge >= 0.3 is 0 Å². The molecule has 2 saturated heterocycles. The Morgan fingerprint density at radius 1 is 1.16 bits per heavy atom. The summed E-state index contributed by atoms with van der Waals surface area (Å²) < 4.78 is 0. The molecule has 0 radical (unpaired) electrons. The maximum Gasteiger partial charge on any atom is 0.0322 e. The Morgan fingerprint density at radius 3 is 2.42 bits per heavy atom. The van der Waals surface area contributed by atoms with Crippen LogP contribution in [0.2, 0.25) is 0 Å². The van der Waals surface area contributed by atoms with Gasteiger partial charge in [-0.05, 0) is 57.7 Å². The van der Waals surface area contributed by atoms with Crippen LogP contribution in [-0.4, -0.2) is 30.1 Å².